The van der Waals surface area contributed by atoms with Crippen LogP contribution in [0.5, 0.6) is 0 Å². The normalized spacial score (nSPS) is 10.6. The first-order valence-electron chi connectivity index (χ1n) is 6.81. The fourth-order valence-corrected chi connectivity index (χ4v) is 1.92. The Kier molecular flexibility index (Phi) is 5.64. The summed E-state index contributed by atoms with van der Waals surface area (Å²) in [5, 5.41) is 16.6. The van der Waals surface area contributed by atoms with Crippen LogP contribution in [0.25, 0.3) is 0 Å². The van der Waals surface area contributed by atoms with Gasteiger partial charge in [-0.15, -0.1) is 0 Å². The van der Waals surface area contributed by atoms with Gasteiger partial charge in [0.2, 0.25) is 0 Å². The van der Waals surface area contributed by atoms with Crippen LogP contribution in [0.4, 0.5) is 0 Å². The van der Waals surface area contributed by atoms with Gasteiger partial charge in [0.05, 0.1) is 17.3 Å². The summed E-state index contributed by atoms with van der Waals surface area (Å²) in [5.74, 6) is 0. The van der Waals surface area contributed by atoms with Crippen LogP contribution in [-0.2, 0) is 6.54 Å². The van der Waals surface area contributed by atoms with Crippen molar-refractivity contribution in [1.82, 2.24) is 10.7 Å². The van der Waals surface area contributed by atoms with Crippen molar-refractivity contribution in [3.05, 3.63) is 71.3 Å². The Balaban J connectivity index is 1.87. The maximum Gasteiger partial charge on any atom is 0.187 e. The number of hydrogen-bond donors (Lipinski definition) is 2. The van der Waals surface area contributed by atoms with E-state index >= 15 is 0 Å². The lowest BCUT2D eigenvalue weighted by atomic mass is 10.1. The average molecular weight is 308 g/mol. The molecule has 0 amide bonds. The van der Waals surface area contributed by atoms with Crippen LogP contribution < -0.4 is 10.7 Å². The van der Waals surface area contributed by atoms with Crippen LogP contribution in [0.15, 0.2) is 59.7 Å². The minimum atomic E-state index is 0.469. The molecule has 0 bridgehead atoms. The van der Waals surface area contributed by atoms with Crippen molar-refractivity contribution in [2.24, 2.45) is 5.10 Å². The Hall–Kier alpha value is -2.71. The summed E-state index contributed by atoms with van der Waals surface area (Å²) in [7, 11) is 0. The number of rotatable bonds is 4. The number of hydrazone groups is 1. The minimum Gasteiger partial charge on any atom is -0.357 e. The van der Waals surface area contributed by atoms with Gasteiger partial charge in [-0.25, -0.2) is 0 Å². The molecule has 0 fully saturated rings. The Bertz CT molecular complexity index is 700. The van der Waals surface area contributed by atoms with Gasteiger partial charge in [-0.2, -0.15) is 10.4 Å². The fraction of sp³-hybridized carbons (Fsp3) is 0.118. The van der Waals surface area contributed by atoms with Crippen molar-refractivity contribution in [2.45, 2.75) is 13.5 Å². The van der Waals surface area contributed by atoms with Crippen LogP contribution in [0.1, 0.15) is 23.6 Å². The van der Waals surface area contributed by atoms with E-state index in [0.29, 0.717) is 17.2 Å². The molecule has 0 unspecified atom stereocenters. The Labute approximate surface area is 135 Å². The molecule has 0 aromatic heterocycles. The van der Waals surface area contributed by atoms with E-state index in [-0.39, 0.29) is 0 Å². The van der Waals surface area contributed by atoms with Gasteiger partial charge in [0, 0.05) is 6.54 Å². The van der Waals surface area contributed by atoms with Crippen molar-refractivity contribution < 1.29 is 0 Å². The molecule has 2 aromatic rings. The molecule has 0 heterocycles. The first-order valence-corrected chi connectivity index (χ1v) is 7.22. The molecule has 0 aliphatic rings. The summed E-state index contributed by atoms with van der Waals surface area (Å²) in [6, 6.07) is 19.3. The van der Waals surface area contributed by atoms with Crippen molar-refractivity contribution in [1.29, 1.82) is 5.26 Å². The number of nitrogens with zero attached hydrogens (tertiary/aromatic N) is 2. The summed E-state index contributed by atoms with van der Waals surface area (Å²) in [4.78, 5) is 0. The van der Waals surface area contributed by atoms with E-state index in [1.807, 2.05) is 49.4 Å². The third-order valence-electron chi connectivity index (χ3n) is 3.05. The molecular weight excluding hydrogens is 292 g/mol. The Morgan fingerprint density at radius 2 is 1.82 bits per heavy atom. The van der Waals surface area contributed by atoms with Crippen molar-refractivity contribution in [3.63, 3.8) is 0 Å². The van der Waals surface area contributed by atoms with Crippen LogP contribution in [-0.4, -0.2) is 10.8 Å². The highest BCUT2D eigenvalue weighted by molar-refractivity contribution is 7.80. The van der Waals surface area contributed by atoms with Gasteiger partial charge in [-0.3, -0.25) is 5.43 Å². The van der Waals surface area contributed by atoms with Crippen molar-refractivity contribution in [2.75, 3.05) is 0 Å². The largest absolute Gasteiger partial charge is 0.357 e. The molecule has 0 aliphatic carbocycles. The molecule has 0 aliphatic heterocycles. The van der Waals surface area contributed by atoms with Crippen LogP contribution in [0, 0.1) is 11.3 Å². The van der Waals surface area contributed by atoms with Gasteiger partial charge in [0.25, 0.3) is 0 Å². The quantitative estimate of drug-likeness (QED) is 0.518. The molecule has 110 valence electrons. The highest BCUT2D eigenvalue weighted by Crippen LogP contribution is 2.04. The third-order valence-corrected chi connectivity index (χ3v) is 3.29. The van der Waals surface area contributed by atoms with Gasteiger partial charge in [0.15, 0.2) is 5.11 Å². The number of benzene rings is 2. The predicted octanol–water partition coefficient (Wildman–Crippen LogP) is 2.95. The first kappa shape index (κ1) is 15.7. The van der Waals surface area contributed by atoms with E-state index in [1.54, 1.807) is 12.1 Å². The predicted molar refractivity (Wildman–Crippen MR) is 92.4 cm³/mol. The van der Waals surface area contributed by atoms with Crippen molar-refractivity contribution >= 4 is 23.0 Å². The summed E-state index contributed by atoms with van der Waals surface area (Å²) < 4.78 is 0. The summed E-state index contributed by atoms with van der Waals surface area (Å²) >= 11 is 5.19. The second kappa shape index (κ2) is 7.91. The molecule has 0 saturated heterocycles. The molecule has 2 rings (SSSR count). The van der Waals surface area contributed by atoms with E-state index in [9.17, 15) is 0 Å². The van der Waals surface area contributed by atoms with Crippen molar-refractivity contribution in [3.8, 4) is 6.07 Å². The monoisotopic (exact) mass is 308 g/mol. The number of hydrogen-bond acceptors (Lipinski definition) is 3. The minimum absolute atomic E-state index is 0.469. The maximum atomic E-state index is 8.78. The zero-order valence-corrected chi connectivity index (χ0v) is 13.0. The molecule has 0 atom stereocenters. The summed E-state index contributed by atoms with van der Waals surface area (Å²) in [6.45, 7) is 2.53. The maximum absolute atomic E-state index is 8.78. The molecular formula is C17H16N4S. The van der Waals surface area contributed by atoms with Gasteiger partial charge in [-0.05, 0) is 42.4 Å². The average Bonchev–Trinajstić information content (AvgIpc) is 2.58. The van der Waals surface area contributed by atoms with Crippen LogP contribution >= 0.6 is 12.2 Å². The first-order chi connectivity index (χ1) is 10.7. The van der Waals surface area contributed by atoms with E-state index < -0.39 is 0 Å². The lowest BCUT2D eigenvalue weighted by Gasteiger charge is -2.08. The van der Waals surface area contributed by atoms with Gasteiger partial charge in [-0.1, -0.05) is 42.5 Å². The third kappa shape index (κ3) is 4.69. The molecule has 2 aromatic carbocycles. The van der Waals surface area contributed by atoms with E-state index in [2.05, 4.69) is 21.9 Å². The fourth-order valence-electron chi connectivity index (χ4n) is 1.80. The van der Waals surface area contributed by atoms with E-state index in [0.717, 1.165) is 16.8 Å². The SMILES string of the molecule is CC(=NNC(=S)NCc1ccccc1)c1ccc(C#N)cc1. The lowest BCUT2D eigenvalue weighted by Crippen LogP contribution is -2.32. The van der Waals surface area contributed by atoms with Gasteiger partial charge in [0.1, 0.15) is 0 Å². The number of thiocarbonyl (C=S) groups is 1. The molecule has 0 saturated carbocycles. The summed E-state index contributed by atoms with van der Waals surface area (Å²) in [5.41, 5.74) is 6.35. The lowest BCUT2D eigenvalue weighted by molar-refractivity contribution is 0.866. The Morgan fingerprint density at radius 3 is 2.45 bits per heavy atom. The molecule has 0 radical (unpaired) electrons. The second-order valence-electron chi connectivity index (χ2n) is 4.67. The Morgan fingerprint density at radius 1 is 1.14 bits per heavy atom. The molecule has 22 heavy (non-hydrogen) atoms. The van der Waals surface area contributed by atoms with Crippen LogP contribution in [0.2, 0.25) is 0 Å². The zero-order chi connectivity index (χ0) is 15.8. The molecule has 4 nitrogen and oxygen atoms in total. The number of nitriles is 1. The van der Waals surface area contributed by atoms with Crippen LogP contribution in [0.3, 0.4) is 0 Å². The molecule has 5 heteroatoms. The number of nitrogens with one attached hydrogen (secondary N) is 2. The highest BCUT2D eigenvalue weighted by atomic mass is 32.1. The molecule has 0 spiro atoms. The van der Waals surface area contributed by atoms with E-state index in [1.165, 1.54) is 0 Å². The van der Waals surface area contributed by atoms with Gasteiger partial charge >= 0.3 is 0 Å². The zero-order valence-electron chi connectivity index (χ0n) is 12.2. The smallest absolute Gasteiger partial charge is 0.187 e. The summed E-state index contributed by atoms with van der Waals surface area (Å²) in [6.07, 6.45) is 0. The van der Waals surface area contributed by atoms with Gasteiger partial charge < -0.3 is 5.32 Å². The molecule has 2 N–H and O–H groups in total. The second-order valence-corrected chi connectivity index (χ2v) is 5.07. The standard InChI is InChI=1S/C17H16N4S/c1-13(16-9-7-14(11-18)8-10-16)20-21-17(22)19-12-15-5-3-2-4-6-15/h2-10H,12H2,1H3,(H2,19,21,22). The highest BCUT2D eigenvalue weighted by Gasteiger charge is 1.99. The topological polar surface area (TPSA) is 60.2 Å². The van der Waals surface area contributed by atoms with E-state index in [4.69, 9.17) is 17.5 Å².